The van der Waals surface area contributed by atoms with E-state index in [1.807, 2.05) is 0 Å². The van der Waals surface area contributed by atoms with Gasteiger partial charge >= 0.3 is 0 Å². The Balaban J connectivity index is 3.15. The average molecular weight is 344 g/mol. The van der Waals surface area contributed by atoms with Gasteiger partial charge in [0.1, 0.15) is 10.6 Å². The fourth-order valence-corrected chi connectivity index (χ4v) is 3.21. The van der Waals surface area contributed by atoms with Gasteiger partial charge in [-0.1, -0.05) is 6.92 Å². The van der Waals surface area contributed by atoms with Crippen LogP contribution in [0.5, 0.6) is 5.75 Å². The maximum absolute atomic E-state index is 12.3. The molecule has 0 radical (unpaired) electrons. The van der Waals surface area contributed by atoms with Gasteiger partial charge in [0.15, 0.2) is 0 Å². The van der Waals surface area contributed by atoms with Crippen LogP contribution in [-0.2, 0) is 14.8 Å². The van der Waals surface area contributed by atoms with Gasteiger partial charge in [-0.15, -0.1) is 0 Å². The molecule has 0 aliphatic heterocycles. The van der Waals surface area contributed by atoms with E-state index < -0.39 is 10.0 Å². The van der Waals surface area contributed by atoms with E-state index in [1.165, 1.54) is 18.2 Å². The van der Waals surface area contributed by atoms with Crippen molar-refractivity contribution in [3.05, 3.63) is 23.8 Å². The molecule has 1 aromatic rings. The monoisotopic (exact) mass is 344 g/mol. The smallest absolute Gasteiger partial charge is 0.251 e. The molecule has 1 rings (SSSR count). The van der Waals surface area contributed by atoms with Crippen molar-refractivity contribution < 1.29 is 22.7 Å². The normalized spacial score (nSPS) is 12.7. The minimum absolute atomic E-state index is 0.0479. The summed E-state index contributed by atoms with van der Waals surface area (Å²) < 4.78 is 37.3. The molecule has 0 bridgehead atoms. The minimum atomic E-state index is -3.74. The second-order valence-corrected chi connectivity index (χ2v) is 6.66. The molecule has 0 aliphatic rings. The first-order chi connectivity index (χ1) is 10.9. The summed E-state index contributed by atoms with van der Waals surface area (Å²) >= 11 is 0. The minimum Gasteiger partial charge on any atom is -0.492 e. The number of carbonyl (C=O) groups excluding carboxylic acids is 1. The van der Waals surface area contributed by atoms with Crippen molar-refractivity contribution in [2.75, 3.05) is 26.9 Å². The summed E-state index contributed by atoms with van der Waals surface area (Å²) in [7, 11) is -2.20. The van der Waals surface area contributed by atoms with E-state index in [0.29, 0.717) is 13.2 Å². The Hall–Kier alpha value is -1.64. The van der Waals surface area contributed by atoms with Gasteiger partial charge in [-0.05, 0) is 32.0 Å². The second kappa shape index (κ2) is 8.85. The summed E-state index contributed by atoms with van der Waals surface area (Å²) in [5.74, 6) is -0.152. The molecule has 2 N–H and O–H groups in total. The average Bonchev–Trinajstić information content (AvgIpc) is 2.47. The molecule has 23 heavy (non-hydrogen) atoms. The molecule has 130 valence electrons. The topological polar surface area (TPSA) is 93.7 Å². The lowest BCUT2D eigenvalue weighted by Gasteiger charge is -2.15. The van der Waals surface area contributed by atoms with Crippen LogP contribution in [0.3, 0.4) is 0 Å². The van der Waals surface area contributed by atoms with Crippen molar-refractivity contribution in [3.63, 3.8) is 0 Å². The molecule has 0 heterocycles. The number of rotatable bonds is 9. The molecule has 1 amide bonds. The summed E-state index contributed by atoms with van der Waals surface area (Å²) in [6.45, 7) is 6.18. The quantitative estimate of drug-likeness (QED) is 0.701. The fraction of sp³-hybridized carbons (Fsp3) is 0.533. The first-order valence-electron chi connectivity index (χ1n) is 7.42. The molecular weight excluding hydrogens is 320 g/mol. The molecule has 0 spiro atoms. The van der Waals surface area contributed by atoms with E-state index in [4.69, 9.17) is 9.47 Å². The lowest BCUT2D eigenvalue weighted by molar-refractivity contribution is 0.0905. The fourth-order valence-electron chi connectivity index (χ4n) is 2.00. The predicted molar refractivity (Wildman–Crippen MR) is 87.3 cm³/mol. The zero-order valence-corrected chi connectivity index (χ0v) is 14.7. The third kappa shape index (κ3) is 5.49. The van der Waals surface area contributed by atoms with Gasteiger partial charge in [-0.2, -0.15) is 0 Å². The number of amides is 1. The number of carbonyl (C=O) groups is 1. The third-order valence-electron chi connectivity index (χ3n) is 2.92. The van der Waals surface area contributed by atoms with Crippen molar-refractivity contribution in [2.45, 2.75) is 31.7 Å². The lowest BCUT2D eigenvalue weighted by atomic mass is 10.2. The Labute approximate surface area is 137 Å². The Morgan fingerprint density at radius 3 is 2.57 bits per heavy atom. The predicted octanol–water partition coefficient (Wildman–Crippen LogP) is 1.15. The largest absolute Gasteiger partial charge is 0.492 e. The van der Waals surface area contributed by atoms with Crippen molar-refractivity contribution in [3.8, 4) is 5.75 Å². The summed E-state index contributed by atoms with van der Waals surface area (Å²) in [5, 5.41) is 2.74. The summed E-state index contributed by atoms with van der Waals surface area (Å²) in [6, 6.07) is 4.15. The van der Waals surface area contributed by atoms with Crippen molar-refractivity contribution in [2.24, 2.45) is 0 Å². The maximum atomic E-state index is 12.3. The number of benzene rings is 1. The maximum Gasteiger partial charge on any atom is 0.251 e. The van der Waals surface area contributed by atoms with E-state index >= 15 is 0 Å². The zero-order valence-electron chi connectivity index (χ0n) is 13.9. The highest BCUT2D eigenvalue weighted by Gasteiger charge is 2.21. The van der Waals surface area contributed by atoms with E-state index in [1.54, 1.807) is 27.9 Å². The lowest BCUT2D eigenvalue weighted by Crippen LogP contribution is -2.35. The van der Waals surface area contributed by atoms with Crippen LogP contribution in [0.25, 0.3) is 0 Å². The number of methoxy groups -OCH3 is 1. The van der Waals surface area contributed by atoms with E-state index in [2.05, 4.69) is 10.0 Å². The van der Waals surface area contributed by atoms with Crippen LogP contribution in [-0.4, -0.2) is 47.2 Å². The van der Waals surface area contributed by atoms with E-state index in [9.17, 15) is 13.2 Å². The van der Waals surface area contributed by atoms with Gasteiger partial charge in [0.25, 0.3) is 5.91 Å². The van der Waals surface area contributed by atoms with Crippen molar-refractivity contribution in [1.29, 1.82) is 0 Å². The second-order valence-electron chi connectivity index (χ2n) is 4.93. The number of nitrogens with one attached hydrogen (secondary N) is 2. The number of hydrogen-bond donors (Lipinski definition) is 2. The Bertz CT molecular complexity index is 631. The summed E-state index contributed by atoms with van der Waals surface area (Å²) in [4.78, 5) is 12.2. The molecule has 0 fully saturated rings. The van der Waals surface area contributed by atoms with Crippen molar-refractivity contribution >= 4 is 15.9 Å². The Morgan fingerprint density at radius 1 is 1.30 bits per heavy atom. The van der Waals surface area contributed by atoms with Crippen LogP contribution >= 0.6 is 0 Å². The molecule has 0 saturated heterocycles. The van der Waals surface area contributed by atoms with Gasteiger partial charge in [0.05, 0.1) is 13.2 Å². The SMILES string of the molecule is CCNS(=O)(=O)c1cc(C(=O)N[C@H](C)COC)ccc1OCC. The van der Waals surface area contributed by atoms with Crippen LogP contribution in [0.1, 0.15) is 31.1 Å². The molecule has 7 nitrogen and oxygen atoms in total. The molecule has 1 atom stereocenters. The van der Waals surface area contributed by atoms with Gasteiger partial charge in [-0.25, -0.2) is 13.1 Å². The first-order valence-corrected chi connectivity index (χ1v) is 8.90. The van der Waals surface area contributed by atoms with Crippen LogP contribution in [0, 0.1) is 0 Å². The van der Waals surface area contributed by atoms with E-state index in [-0.39, 0.29) is 34.7 Å². The van der Waals surface area contributed by atoms with Gasteiger partial charge in [0, 0.05) is 25.3 Å². The number of sulfonamides is 1. The van der Waals surface area contributed by atoms with Crippen LogP contribution in [0.4, 0.5) is 0 Å². The molecule has 0 unspecified atom stereocenters. The highest BCUT2D eigenvalue weighted by Crippen LogP contribution is 2.25. The van der Waals surface area contributed by atoms with Crippen molar-refractivity contribution in [1.82, 2.24) is 10.0 Å². The third-order valence-corrected chi connectivity index (χ3v) is 4.49. The molecule has 0 saturated carbocycles. The standard InChI is InChI=1S/C15H24N2O5S/c1-5-16-23(19,20)14-9-12(7-8-13(14)22-6-2)15(18)17-11(3)10-21-4/h7-9,11,16H,5-6,10H2,1-4H3,(H,17,18)/t11-/m1/s1. The van der Waals surface area contributed by atoms with E-state index in [0.717, 1.165) is 0 Å². The summed E-state index contributed by atoms with van der Waals surface area (Å²) in [5.41, 5.74) is 0.243. The molecule has 1 aromatic carbocycles. The first kappa shape index (κ1) is 19.4. The highest BCUT2D eigenvalue weighted by molar-refractivity contribution is 7.89. The van der Waals surface area contributed by atoms with Gasteiger partial charge in [-0.3, -0.25) is 4.79 Å². The summed E-state index contributed by atoms with van der Waals surface area (Å²) in [6.07, 6.45) is 0. The number of hydrogen-bond acceptors (Lipinski definition) is 5. The number of ether oxygens (including phenoxy) is 2. The highest BCUT2D eigenvalue weighted by atomic mass is 32.2. The molecule has 0 aromatic heterocycles. The zero-order chi connectivity index (χ0) is 17.5. The molecule has 8 heteroatoms. The Kier molecular flexibility index (Phi) is 7.47. The molecular formula is C15H24N2O5S. The molecule has 0 aliphatic carbocycles. The Morgan fingerprint density at radius 2 is 2.00 bits per heavy atom. The van der Waals surface area contributed by atoms with Crippen LogP contribution in [0.2, 0.25) is 0 Å². The van der Waals surface area contributed by atoms with Crippen LogP contribution < -0.4 is 14.8 Å². The van der Waals surface area contributed by atoms with Gasteiger partial charge in [0.2, 0.25) is 10.0 Å². The van der Waals surface area contributed by atoms with Crippen LogP contribution in [0.15, 0.2) is 23.1 Å². The van der Waals surface area contributed by atoms with Gasteiger partial charge < -0.3 is 14.8 Å².